The van der Waals surface area contributed by atoms with E-state index in [9.17, 15) is 4.79 Å². The topological polar surface area (TPSA) is 95.5 Å². The Labute approximate surface area is 189 Å². The molecule has 0 N–H and O–H groups in total. The highest BCUT2D eigenvalue weighted by Gasteiger charge is 2.31. The molecule has 4 heterocycles. The number of rotatable bonds is 9. The number of nitrogens with zero attached hydrogens (tertiary/aromatic N) is 5. The van der Waals surface area contributed by atoms with Crippen molar-refractivity contribution in [1.82, 2.24) is 24.8 Å². The van der Waals surface area contributed by atoms with Crippen LogP contribution in [0, 0.1) is 19.8 Å². The quantitative estimate of drug-likeness (QED) is 0.547. The number of aromatic nitrogens is 4. The van der Waals surface area contributed by atoms with Gasteiger partial charge in [0.25, 0.3) is 0 Å². The summed E-state index contributed by atoms with van der Waals surface area (Å²) in [5.41, 5.74) is 3.31. The first-order chi connectivity index (χ1) is 15.5. The van der Waals surface area contributed by atoms with Gasteiger partial charge in [0.05, 0.1) is 18.2 Å². The number of hydrogen-bond acceptors (Lipinski definition) is 7. The predicted molar refractivity (Wildman–Crippen MR) is 117 cm³/mol. The summed E-state index contributed by atoms with van der Waals surface area (Å²) in [5, 5.41) is 8.55. The minimum absolute atomic E-state index is 0.116. The van der Waals surface area contributed by atoms with E-state index in [1.807, 2.05) is 23.6 Å². The van der Waals surface area contributed by atoms with E-state index in [0.717, 1.165) is 63.4 Å². The SMILES string of the molecule is Cc1nn(C)c(C)c1CCC(=O)N1CCC(c2nc(CCOCC3CCOCC3)no2)C1. The molecule has 0 aromatic carbocycles. The van der Waals surface area contributed by atoms with Crippen molar-refractivity contribution in [3.8, 4) is 0 Å². The lowest BCUT2D eigenvalue weighted by atomic mass is 10.0. The van der Waals surface area contributed by atoms with Gasteiger partial charge in [0, 0.05) is 58.5 Å². The summed E-state index contributed by atoms with van der Waals surface area (Å²) in [6.45, 7) is 8.48. The van der Waals surface area contributed by atoms with Gasteiger partial charge in [-0.2, -0.15) is 10.1 Å². The molecule has 2 aliphatic heterocycles. The van der Waals surface area contributed by atoms with Crippen molar-refractivity contribution in [2.75, 3.05) is 39.5 Å². The summed E-state index contributed by atoms with van der Waals surface area (Å²) < 4.78 is 18.6. The average Bonchev–Trinajstić information content (AvgIpc) is 3.51. The molecule has 9 heteroatoms. The second-order valence-electron chi connectivity index (χ2n) is 9.03. The van der Waals surface area contributed by atoms with Crippen LogP contribution in [-0.2, 0) is 34.2 Å². The third-order valence-corrected chi connectivity index (χ3v) is 6.79. The summed E-state index contributed by atoms with van der Waals surface area (Å²) in [6, 6.07) is 0. The van der Waals surface area contributed by atoms with E-state index >= 15 is 0 Å². The van der Waals surface area contributed by atoms with Crippen LogP contribution in [0.25, 0.3) is 0 Å². The highest BCUT2D eigenvalue weighted by atomic mass is 16.5. The lowest BCUT2D eigenvalue weighted by Crippen LogP contribution is -2.28. The van der Waals surface area contributed by atoms with E-state index in [1.54, 1.807) is 0 Å². The van der Waals surface area contributed by atoms with Gasteiger partial charge in [-0.3, -0.25) is 9.48 Å². The van der Waals surface area contributed by atoms with E-state index in [-0.39, 0.29) is 11.8 Å². The van der Waals surface area contributed by atoms with Gasteiger partial charge in [-0.15, -0.1) is 0 Å². The van der Waals surface area contributed by atoms with E-state index in [2.05, 4.69) is 22.2 Å². The molecule has 9 nitrogen and oxygen atoms in total. The first-order valence-corrected chi connectivity index (χ1v) is 11.8. The van der Waals surface area contributed by atoms with Crippen LogP contribution >= 0.6 is 0 Å². The van der Waals surface area contributed by atoms with Crippen molar-refractivity contribution >= 4 is 5.91 Å². The molecule has 2 saturated heterocycles. The van der Waals surface area contributed by atoms with Crippen LogP contribution in [0.5, 0.6) is 0 Å². The molecule has 2 fully saturated rings. The van der Waals surface area contributed by atoms with Crippen molar-refractivity contribution in [2.24, 2.45) is 13.0 Å². The Hall–Kier alpha value is -2.26. The first kappa shape index (κ1) is 22.9. The Bertz CT molecular complexity index is 902. The van der Waals surface area contributed by atoms with Crippen molar-refractivity contribution < 1.29 is 18.8 Å². The summed E-state index contributed by atoms with van der Waals surface area (Å²) >= 11 is 0. The molecule has 0 aliphatic carbocycles. The van der Waals surface area contributed by atoms with Gasteiger partial charge in [-0.1, -0.05) is 5.16 Å². The third kappa shape index (κ3) is 5.56. The number of carbonyl (C=O) groups excluding carboxylic acids is 1. The molecule has 1 amide bonds. The fraction of sp³-hybridized carbons (Fsp3) is 0.739. The van der Waals surface area contributed by atoms with Crippen LogP contribution in [0.1, 0.15) is 60.3 Å². The van der Waals surface area contributed by atoms with Gasteiger partial charge in [0.1, 0.15) is 0 Å². The van der Waals surface area contributed by atoms with Crippen LogP contribution in [0.15, 0.2) is 4.52 Å². The number of ether oxygens (including phenoxy) is 2. The summed E-state index contributed by atoms with van der Waals surface area (Å²) in [5.74, 6) is 2.21. The molecule has 32 heavy (non-hydrogen) atoms. The molecule has 0 radical (unpaired) electrons. The second-order valence-corrected chi connectivity index (χ2v) is 9.03. The Morgan fingerprint density at radius 2 is 2.00 bits per heavy atom. The molecule has 0 saturated carbocycles. The molecular formula is C23H35N5O4. The molecule has 4 rings (SSSR count). The van der Waals surface area contributed by atoms with Gasteiger partial charge in [0.2, 0.25) is 11.8 Å². The molecule has 2 aromatic rings. The smallest absolute Gasteiger partial charge is 0.231 e. The Morgan fingerprint density at radius 1 is 1.19 bits per heavy atom. The third-order valence-electron chi connectivity index (χ3n) is 6.79. The van der Waals surface area contributed by atoms with Gasteiger partial charge in [-0.25, -0.2) is 0 Å². The molecular weight excluding hydrogens is 410 g/mol. The van der Waals surface area contributed by atoms with Crippen molar-refractivity contribution in [3.63, 3.8) is 0 Å². The zero-order valence-electron chi connectivity index (χ0n) is 19.5. The molecule has 1 unspecified atom stereocenters. The van der Waals surface area contributed by atoms with E-state index in [1.165, 1.54) is 5.56 Å². The average molecular weight is 446 g/mol. The first-order valence-electron chi connectivity index (χ1n) is 11.8. The van der Waals surface area contributed by atoms with E-state index < -0.39 is 0 Å². The minimum atomic E-state index is 0.116. The molecule has 2 aliphatic rings. The lowest BCUT2D eigenvalue weighted by Gasteiger charge is -2.21. The molecule has 1 atom stereocenters. The maximum Gasteiger partial charge on any atom is 0.231 e. The van der Waals surface area contributed by atoms with E-state index in [0.29, 0.717) is 43.6 Å². The number of aryl methyl sites for hydroxylation is 2. The van der Waals surface area contributed by atoms with Gasteiger partial charge < -0.3 is 18.9 Å². The molecule has 176 valence electrons. The fourth-order valence-electron chi connectivity index (χ4n) is 4.62. The van der Waals surface area contributed by atoms with Crippen molar-refractivity contribution in [3.05, 3.63) is 28.7 Å². The zero-order valence-corrected chi connectivity index (χ0v) is 19.5. The largest absolute Gasteiger partial charge is 0.381 e. The van der Waals surface area contributed by atoms with Crippen molar-refractivity contribution in [1.29, 1.82) is 0 Å². The standard InChI is InChI=1S/C23H35N5O4/c1-16-20(17(2)27(3)25-16)4-5-22(29)28-10-6-19(14-28)23-24-21(26-32-23)9-13-31-15-18-7-11-30-12-8-18/h18-19H,4-15H2,1-3H3. The Balaban J connectivity index is 1.19. The van der Waals surface area contributed by atoms with Crippen molar-refractivity contribution in [2.45, 2.75) is 58.3 Å². The maximum absolute atomic E-state index is 12.7. The predicted octanol–water partition coefficient (Wildman–Crippen LogP) is 2.35. The Morgan fingerprint density at radius 3 is 2.75 bits per heavy atom. The molecule has 0 spiro atoms. The fourth-order valence-corrected chi connectivity index (χ4v) is 4.62. The zero-order chi connectivity index (χ0) is 22.5. The lowest BCUT2D eigenvalue weighted by molar-refractivity contribution is -0.130. The highest BCUT2D eigenvalue weighted by Crippen LogP contribution is 2.27. The minimum Gasteiger partial charge on any atom is -0.381 e. The number of amides is 1. The van der Waals surface area contributed by atoms with Gasteiger partial charge >= 0.3 is 0 Å². The van der Waals surface area contributed by atoms with Gasteiger partial charge in [0.15, 0.2) is 5.82 Å². The van der Waals surface area contributed by atoms with Crippen LogP contribution in [0.4, 0.5) is 0 Å². The normalized spacial score (nSPS) is 19.7. The monoisotopic (exact) mass is 445 g/mol. The summed E-state index contributed by atoms with van der Waals surface area (Å²) in [4.78, 5) is 19.2. The van der Waals surface area contributed by atoms with Crippen LogP contribution in [-0.4, -0.2) is 70.2 Å². The number of likely N-dealkylation sites (tertiary alicyclic amines) is 1. The molecule has 0 bridgehead atoms. The number of carbonyl (C=O) groups is 1. The van der Waals surface area contributed by atoms with Crippen LogP contribution in [0.2, 0.25) is 0 Å². The summed E-state index contributed by atoms with van der Waals surface area (Å²) in [7, 11) is 1.94. The summed E-state index contributed by atoms with van der Waals surface area (Å²) in [6.07, 6.45) is 4.88. The molecule has 2 aromatic heterocycles. The number of hydrogen-bond donors (Lipinski definition) is 0. The van der Waals surface area contributed by atoms with E-state index in [4.69, 9.17) is 14.0 Å². The van der Waals surface area contributed by atoms with Gasteiger partial charge in [-0.05, 0) is 51.0 Å². The van der Waals surface area contributed by atoms with Crippen LogP contribution < -0.4 is 0 Å². The maximum atomic E-state index is 12.7. The highest BCUT2D eigenvalue weighted by molar-refractivity contribution is 5.77. The Kier molecular flexibility index (Phi) is 7.57. The van der Waals surface area contributed by atoms with Crippen LogP contribution in [0.3, 0.4) is 0 Å². The second kappa shape index (κ2) is 10.6.